The topological polar surface area (TPSA) is 21.3 Å². The molecule has 0 radical (unpaired) electrons. The third kappa shape index (κ3) is 3.01. The first-order valence-corrected chi connectivity index (χ1v) is 8.23. The highest BCUT2D eigenvalue weighted by atomic mass is 16.5. The Kier molecular flexibility index (Phi) is 4.30. The summed E-state index contributed by atoms with van der Waals surface area (Å²) in [7, 11) is 0. The third-order valence-corrected chi connectivity index (χ3v) is 5.19. The molecule has 2 nitrogen and oxygen atoms in total. The van der Waals surface area contributed by atoms with E-state index < -0.39 is 0 Å². The van der Waals surface area contributed by atoms with Gasteiger partial charge in [-0.3, -0.25) is 0 Å². The van der Waals surface area contributed by atoms with E-state index >= 15 is 0 Å². The summed E-state index contributed by atoms with van der Waals surface area (Å²) in [5.41, 5.74) is 2.78. The number of benzene rings is 1. The average Bonchev–Trinajstić information content (AvgIpc) is 2.93. The fourth-order valence-electron chi connectivity index (χ4n) is 3.62. The molecule has 0 saturated heterocycles. The van der Waals surface area contributed by atoms with Crippen LogP contribution in [0.2, 0.25) is 0 Å². The minimum atomic E-state index is 0.440. The van der Waals surface area contributed by atoms with Gasteiger partial charge in [0.1, 0.15) is 5.75 Å². The molecular weight excluding hydrogens is 246 g/mol. The monoisotopic (exact) mass is 273 g/mol. The molecule has 20 heavy (non-hydrogen) atoms. The summed E-state index contributed by atoms with van der Waals surface area (Å²) < 4.78 is 5.58. The molecule has 0 bridgehead atoms. The molecule has 2 aliphatic rings. The zero-order chi connectivity index (χ0) is 13.9. The highest BCUT2D eigenvalue weighted by molar-refractivity contribution is 5.40. The Balaban J connectivity index is 1.57. The first-order chi connectivity index (χ1) is 9.74. The largest absolute Gasteiger partial charge is 0.493 e. The standard InChI is InChI=1S/C18H27NO/c1-13-5-3-4-6-17(13)12-19-14(2)15-7-8-18-16(11-15)9-10-20-18/h7-8,11,13-14,17,19H,3-6,9-10,12H2,1-2H3. The smallest absolute Gasteiger partial charge is 0.122 e. The van der Waals surface area contributed by atoms with E-state index in [4.69, 9.17) is 4.74 Å². The second-order valence-corrected chi connectivity index (χ2v) is 6.62. The van der Waals surface area contributed by atoms with Crippen molar-refractivity contribution < 1.29 is 4.74 Å². The second-order valence-electron chi connectivity index (χ2n) is 6.62. The maximum absolute atomic E-state index is 5.58. The van der Waals surface area contributed by atoms with E-state index in [1.165, 1.54) is 36.8 Å². The first kappa shape index (κ1) is 13.9. The van der Waals surface area contributed by atoms with Crippen molar-refractivity contribution in [2.24, 2.45) is 11.8 Å². The zero-order valence-electron chi connectivity index (χ0n) is 12.8. The van der Waals surface area contributed by atoms with E-state index in [0.29, 0.717) is 6.04 Å². The lowest BCUT2D eigenvalue weighted by Gasteiger charge is -2.30. The van der Waals surface area contributed by atoms with Gasteiger partial charge in [-0.15, -0.1) is 0 Å². The Hall–Kier alpha value is -1.02. The van der Waals surface area contributed by atoms with Gasteiger partial charge in [-0.2, -0.15) is 0 Å². The molecular formula is C18H27NO. The zero-order valence-corrected chi connectivity index (χ0v) is 12.8. The molecule has 1 aliphatic heterocycles. The molecule has 0 amide bonds. The van der Waals surface area contributed by atoms with Gasteiger partial charge in [0.25, 0.3) is 0 Å². The van der Waals surface area contributed by atoms with E-state index in [-0.39, 0.29) is 0 Å². The van der Waals surface area contributed by atoms with E-state index in [1.807, 2.05) is 0 Å². The Bertz CT molecular complexity index is 457. The quantitative estimate of drug-likeness (QED) is 0.892. The van der Waals surface area contributed by atoms with Crippen LogP contribution in [0.15, 0.2) is 18.2 Å². The fourth-order valence-corrected chi connectivity index (χ4v) is 3.62. The van der Waals surface area contributed by atoms with Gasteiger partial charge in [-0.25, -0.2) is 0 Å². The lowest BCUT2D eigenvalue weighted by molar-refractivity contribution is 0.242. The summed E-state index contributed by atoms with van der Waals surface area (Å²) in [6, 6.07) is 7.12. The van der Waals surface area contributed by atoms with Crippen molar-refractivity contribution in [3.8, 4) is 5.75 Å². The van der Waals surface area contributed by atoms with Crippen LogP contribution in [0.25, 0.3) is 0 Å². The van der Waals surface area contributed by atoms with Crippen LogP contribution in [-0.4, -0.2) is 13.2 Å². The van der Waals surface area contributed by atoms with Crippen LogP contribution in [0.1, 0.15) is 56.7 Å². The fraction of sp³-hybridized carbons (Fsp3) is 0.667. The predicted octanol–water partition coefficient (Wildman–Crippen LogP) is 4.10. The summed E-state index contributed by atoms with van der Waals surface area (Å²) in [5, 5.41) is 3.75. The third-order valence-electron chi connectivity index (χ3n) is 5.19. The number of hydrogen-bond donors (Lipinski definition) is 1. The van der Waals surface area contributed by atoms with Crippen LogP contribution in [0.4, 0.5) is 0 Å². The molecule has 0 spiro atoms. The molecule has 3 rings (SSSR count). The second kappa shape index (κ2) is 6.17. The molecule has 3 atom stereocenters. The van der Waals surface area contributed by atoms with Crippen molar-refractivity contribution >= 4 is 0 Å². The summed E-state index contributed by atoms with van der Waals surface area (Å²) in [5.74, 6) is 2.84. The average molecular weight is 273 g/mol. The SMILES string of the molecule is CC(NCC1CCCCC1C)c1ccc2c(c1)CCO2. The predicted molar refractivity (Wildman–Crippen MR) is 83.2 cm³/mol. The first-order valence-electron chi connectivity index (χ1n) is 8.23. The Morgan fingerprint density at radius 2 is 2.15 bits per heavy atom. The maximum atomic E-state index is 5.58. The van der Waals surface area contributed by atoms with Crippen LogP contribution in [0.3, 0.4) is 0 Å². The molecule has 3 unspecified atom stereocenters. The molecule has 1 heterocycles. The molecule has 0 aromatic heterocycles. The summed E-state index contributed by atoms with van der Waals surface area (Å²) in [4.78, 5) is 0. The molecule has 1 aromatic carbocycles. The lowest BCUT2D eigenvalue weighted by Crippen LogP contribution is -2.31. The number of hydrogen-bond acceptors (Lipinski definition) is 2. The number of rotatable bonds is 4. The highest BCUT2D eigenvalue weighted by Crippen LogP contribution is 2.31. The summed E-state index contributed by atoms with van der Waals surface area (Å²) >= 11 is 0. The molecule has 1 fully saturated rings. The van der Waals surface area contributed by atoms with E-state index in [2.05, 4.69) is 37.4 Å². The van der Waals surface area contributed by atoms with Crippen LogP contribution in [0, 0.1) is 11.8 Å². The minimum absolute atomic E-state index is 0.440. The van der Waals surface area contributed by atoms with Gasteiger partial charge in [0.05, 0.1) is 6.61 Å². The van der Waals surface area contributed by atoms with Crippen molar-refractivity contribution in [1.29, 1.82) is 0 Å². The van der Waals surface area contributed by atoms with Crippen LogP contribution < -0.4 is 10.1 Å². The Labute approximate surface area is 122 Å². The number of fused-ring (bicyclic) bond motifs is 1. The van der Waals surface area contributed by atoms with Gasteiger partial charge < -0.3 is 10.1 Å². The molecule has 1 N–H and O–H groups in total. The summed E-state index contributed by atoms with van der Waals surface area (Å²) in [6.07, 6.45) is 6.73. The highest BCUT2D eigenvalue weighted by Gasteiger charge is 2.22. The summed E-state index contributed by atoms with van der Waals surface area (Å²) in [6.45, 7) is 6.71. The van der Waals surface area contributed by atoms with Gasteiger partial charge in [-0.1, -0.05) is 38.3 Å². The normalized spacial score (nSPS) is 26.9. The maximum Gasteiger partial charge on any atom is 0.122 e. The van der Waals surface area contributed by atoms with Gasteiger partial charge in [0.15, 0.2) is 0 Å². The number of ether oxygens (including phenoxy) is 1. The van der Waals surface area contributed by atoms with Crippen LogP contribution >= 0.6 is 0 Å². The van der Waals surface area contributed by atoms with Crippen LogP contribution in [-0.2, 0) is 6.42 Å². The van der Waals surface area contributed by atoms with Gasteiger partial charge in [-0.05, 0) is 48.9 Å². The Morgan fingerprint density at radius 3 is 3.00 bits per heavy atom. The molecule has 1 aromatic rings. The van der Waals surface area contributed by atoms with Gasteiger partial charge >= 0.3 is 0 Å². The molecule has 1 saturated carbocycles. The van der Waals surface area contributed by atoms with Gasteiger partial charge in [0.2, 0.25) is 0 Å². The minimum Gasteiger partial charge on any atom is -0.493 e. The number of nitrogens with one attached hydrogen (secondary N) is 1. The lowest BCUT2D eigenvalue weighted by atomic mass is 9.80. The molecule has 110 valence electrons. The van der Waals surface area contributed by atoms with Crippen LogP contribution in [0.5, 0.6) is 5.75 Å². The molecule has 2 heteroatoms. The molecule has 1 aliphatic carbocycles. The van der Waals surface area contributed by atoms with Gasteiger partial charge in [0, 0.05) is 12.5 Å². The van der Waals surface area contributed by atoms with Crippen molar-refractivity contribution in [1.82, 2.24) is 5.32 Å². The van der Waals surface area contributed by atoms with E-state index in [0.717, 1.165) is 37.2 Å². The van der Waals surface area contributed by atoms with E-state index in [1.54, 1.807) is 0 Å². The van der Waals surface area contributed by atoms with Crippen molar-refractivity contribution in [2.45, 2.75) is 52.0 Å². The van der Waals surface area contributed by atoms with Crippen molar-refractivity contribution in [3.05, 3.63) is 29.3 Å². The Morgan fingerprint density at radius 1 is 1.30 bits per heavy atom. The van der Waals surface area contributed by atoms with Crippen molar-refractivity contribution in [3.63, 3.8) is 0 Å². The van der Waals surface area contributed by atoms with E-state index in [9.17, 15) is 0 Å². The van der Waals surface area contributed by atoms with Crippen molar-refractivity contribution in [2.75, 3.05) is 13.2 Å².